The maximum absolute atomic E-state index is 12.3. The minimum Gasteiger partial charge on any atom is -0.497 e. The fourth-order valence-electron chi connectivity index (χ4n) is 2.28. The topological polar surface area (TPSA) is 60.0 Å². The van der Waals surface area contributed by atoms with Crippen LogP contribution in [0, 0.1) is 0 Å². The van der Waals surface area contributed by atoms with Gasteiger partial charge in [-0.05, 0) is 43.4 Å². The van der Waals surface area contributed by atoms with Gasteiger partial charge in [0.15, 0.2) is 0 Å². The fraction of sp³-hybridized carbons (Fsp3) is 0.316. The van der Waals surface area contributed by atoms with Crippen LogP contribution in [0.25, 0.3) is 0 Å². The Morgan fingerprint density at radius 3 is 2.42 bits per heavy atom. The highest BCUT2D eigenvalue weighted by Crippen LogP contribution is 2.28. The summed E-state index contributed by atoms with van der Waals surface area (Å²) < 4.78 is 16.1. The number of hydrogen-bond acceptors (Lipinski definition) is 5. The van der Waals surface area contributed by atoms with E-state index in [0.29, 0.717) is 35.4 Å². The van der Waals surface area contributed by atoms with E-state index < -0.39 is 0 Å². The van der Waals surface area contributed by atoms with Crippen molar-refractivity contribution in [2.45, 2.75) is 0 Å². The van der Waals surface area contributed by atoms with Crippen LogP contribution in [-0.4, -0.2) is 51.8 Å². The molecule has 0 aliphatic carbocycles. The van der Waals surface area contributed by atoms with Crippen LogP contribution in [0.15, 0.2) is 42.5 Å². The lowest BCUT2D eigenvalue weighted by molar-refractivity contribution is -0.117. The molecule has 0 spiro atoms. The predicted molar refractivity (Wildman–Crippen MR) is 103 cm³/mol. The minimum absolute atomic E-state index is 0.148. The summed E-state index contributed by atoms with van der Waals surface area (Å²) in [7, 11) is 4.98. The van der Waals surface area contributed by atoms with Gasteiger partial charge in [0.1, 0.15) is 23.9 Å². The second-order valence-electron chi connectivity index (χ2n) is 5.65. The van der Waals surface area contributed by atoms with E-state index in [1.807, 2.05) is 24.1 Å². The Morgan fingerprint density at radius 2 is 1.77 bits per heavy atom. The van der Waals surface area contributed by atoms with E-state index in [1.165, 1.54) is 0 Å². The van der Waals surface area contributed by atoms with E-state index in [4.69, 9.17) is 25.8 Å². The molecule has 0 saturated heterocycles. The number of nitrogens with one attached hydrogen (secondary N) is 1. The lowest BCUT2D eigenvalue weighted by Crippen LogP contribution is -2.33. The zero-order chi connectivity index (χ0) is 18.9. The van der Waals surface area contributed by atoms with Crippen LogP contribution in [0.5, 0.6) is 17.2 Å². The Kier molecular flexibility index (Phi) is 7.56. The lowest BCUT2D eigenvalue weighted by atomic mass is 10.2. The SMILES string of the molecule is COc1ccc(OC)c(NC(=O)CN(C)CCOc2ccc(Cl)cc2)c1. The van der Waals surface area contributed by atoms with Crippen molar-refractivity contribution in [3.63, 3.8) is 0 Å². The van der Waals surface area contributed by atoms with Crippen LogP contribution in [0.2, 0.25) is 5.02 Å². The molecule has 2 rings (SSSR count). The number of carbonyl (C=O) groups is 1. The third-order valence-corrected chi connectivity index (χ3v) is 3.90. The van der Waals surface area contributed by atoms with Crippen molar-refractivity contribution in [3.05, 3.63) is 47.5 Å². The first kappa shape index (κ1) is 19.9. The van der Waals surface area contributed by atoms with Crippen LogP contribution < -0.4 is 19.5 Å². The summed E-state index contributed by atoms with van der Waals surface area (Å²) in [4.78, 5) is 14.1. The zero-order valence-corrected chi connectivity index (χ0v) is 15.9. The number of rotatable bonds is 9. The highest BCUT2D eigenvalue weighted by Gasteiger charge is 2.11. The number of nitrogens with zero attached hydrogens (tertiary/aromatic N) is 1. The smallest absolute Gasteiger partial charge is 0.238 e. The normalized spacial score (nSPS) is 10.5. The zero-order valence-electron chi connectivity index (χ0n) is 15.1. The van der Waals surface area contributed by atoms with Crippen molar-refractivity contribution in [1.82, 2.24) is 4.90 Å². The number of benzene rings is 2. The molecule has 0 unspecified atom stereocenters. The van der Waals surface area contributed by atoms with Gasteiger partial charge in [-0.3, -0.25) is 9.69 Å². The molecular formula is C19H23ClN2O4. The molecule has 26 heavy (non-hydrogen) atoms. The molecule has 0 bridgehead atoms. The van der Waals surface area contributed by atoms with Crippen molar-refractivity contribution < 1.29 is 19.0 Å². The Balaban J connectivity index is 1.80. The van der Waals surface area contributed by atoms with Gasteiger partial charge >= 0.3 is 0 Å². The van der Waals surface area contributed by atoms with Crippen molar-refractivity contribution in [3.8, 4) is 17.2 Å². The molecule has 0 radical (unpaired) electrons. The minimum atomic E-state index is -0.148. The molecule has 1 amide bonds. The molecule has 2 aromatic carbocycles. The molecule has 0 heterocycles. The first-order chi connectivity index (χ1) is 12.5. The van der Waals surface area contributed by atoms with Crippen LogP contribution in [0.4, 0.5) is 5.69 Å². The Labute approximate surface area is 158 Å². The monoisotopic (exact) mass is 378 g/mol. The van der Waals surface area contributed by atoms with Crippen LogP contribution >= 0.6 is 11.6 Å². The average molecular weight is 379 g/mol. The summed E-state index contributed by atoms with van der Waals surface area (Å²) >= 11 is 5.84. The number of methoxy groups -OCH3 is 2. The second kappa shape index (κ2) is 9.89. The first-order valence-electron chi connectivity index (χ1n) is 8.10. The van der Waals surface area contributed by atoms with Gasteiger partial charge in [-0.25, -0.2) is 0 Å². The number of likely N-dealkylation sites (N-methyl/N-ethyl adjacent to an activating group) is 1. The van der Waals surface area contributed by atoms with Gasteiger partial charge in [0.05, 0.1) is 26.5 Å². The van der Waals surface area contributed by atoms with Gasteiger partial charge in [-0.15, -0.1) is 0 Å². The number of ether oxygens (including phenoxy) is 3. The van der Waals surface area contributed by atoms with Gasteiger partial charge in [-0.2, -0.15) is 0 Å². The summed E-state index contributed by atoms with van der Waals surface area (Å²) in [5.74, 6) is 1.82. The molecule has 6 nitrogen and oxygen atoms in total. The van der Waals surface area contributed by atoms with E-state index in [-0.39, 0.29) is 12.5 Å². The van der Waals surface area contributed by atoms with Crippen LogP contribution in [0.3, 0.4) is 0 Å². The van der Waals surface area contributed by atoms with Gasteiger partial charge in [0.2, 0.25) is 5.91 Å². The maximum Gasteiger partial charge on any atom is 0.238 e. The highest BCUT2D eigenvalue weighted by atomic mass is 35.5. The summed E-state index contributed by atoms with van der Waals surface area (Å²) in [6.07, 6.45) is 0. The Hall–Kier alpha value is -2.44. The van der Waals surface area contributed by atoms with Crippen LogP contribution in [0.1, 0.15) is 0 Å². The van der Waals surface area contributed by atoms with Crippen molar-refractivity contribution >= 4 is 23.2 Å². The summed E-state index contributed by atoms with van der Waals surface area (Å²) in [5.41, 5.74) is 0.572. The number of hydrogen-bond donors (Lipinski definition) is 1. The number of anilines is 1. The van der Waals surface area contributed by atoms with Gasteiger partial charge in [0, 0.05) is 17.6 Å². The maximum atomic E-state index is 12.3. The standard InChI is InChI=1S/C19H23ClN2O4/c1-22(10-11-26-15-6-4-14(20)5-7-15)13-19(23)21-17-12-16(24-2)8-9-18(17)25-3/h4-9,12H,10-11,13H2,1-3H3,(H,21,23). The Morgan fingerprint density at radius 1 is 1.08 bits per heavy atom. The Bertz CT molecular complexity index is 722. The third-order valence-electron chi connectivity index (χ3n) is 3.65. The largest absolute Gasteiger partial charge is 0.497 e. The molecule has 0 aliphatic rings. The van der Waals surface area contributed by atoms with E-state index >= 15 is 0 Å². The third kappa shape index (κ3) is 6.13. The molecule has 0 aliphatic heterocycles. The molecule has 7 heteroatoms. The van der Waals surface area contributed by atoms with Crippen molar-refractivity contribution in [2.75, 3.05) is 46.3 Å². The fourth-order valence-corrected chi connectivity index (χ4v) is 2.40. The molecule has 0 saturated carbocycles. The van der Waals surface area contributed by atoms with E-state index in [1.54, 1.807) is 44.6 Å². The van der Waals surface area contributed by atoms with Crippen LogP contribution in [-0.2, 0) is 4.79 Å². The summed E-state index contributed by atoms with van der Waals surface area (Å²) in [6.45, 7) is 1.30. The molecular weight excluding hydrogens is 356 g/mol. The van der Waals surface area contributed by atoms with Crippen molar-refractivity contribution in [2.24, 2.45) is 0 Å². The molecule has 2 aromatic rings. The quantitative estimate of drug-likeness (QED) is 0.725. The van der Waals surface area contributed by atoms with Gasteiger partial charge < -0.3 is 19.5 Å². The highest BCUT2D eigenvalue weighted by molar-refractivity contribution is 6.30. The van der Waals surface area contributed by atoms with Gasteiger partial charge in [-0.1, -0.05) is 11.6 Å². The molecule has 140 valence electrons. The predicted octanol–water partition coefficient (Wildman–Crippen LogP) is 3.31. The second-order valence-corrected chi connectivity index (χ2v) is 6.09. The van der Waals surface area contributed by atoms with E-state index in [0.717, 1.165) is 5.75 Å². The molecule has 0 atom stereocenters. The van der Waals surface area contributed by atoms with E-state index in [2.05, 4.69) is 5.32 Å². The lowest BCUT2D eigenvalue weighted by Gasteiger charge is -2.17. The van der Waals surface area contributed by atoms with E-state index in [9.17, 15) is 4.79 Å². The number of carbonyl (C=O) groups excluding carboxylic acids is 1. The number of amides is 1. The summed E-state index contributed by atoms with van der Waals surface area (Å²) in [5, 5.41) is 3.51. The van der Waals surface area contributed by atoms with Gasteiger partial charge in [0.25, 0.3) is 0 Å². The van der Waals surface area contributed by atoms with Crippen molar-refractivity contribution in [1.29, 1.82) is 0 Å². The molecule has 0 aromatic heterocycles. The molecule has 0 fully saturated rings. The summed E-state index contributed by atoms with van der Waals surface area (Å²) in [6, 6.07) is 12.4. The molecule has 1 N–H and O–H groups in total. The first-order valence-corrected chi connectivity index (χ1v) is 8.48. The average Bonchev–Trinajstić information content (AvgIpc) is 2.63. The number of halogens is 1.